The summed E-state index contributed by atoms with van der Waals surface area (Å²) in [6, 6.07) is 25.1. The lowest BCUT2D eigenvalue weighted by Crippen LogP contribution is -2.36. The van der Waals surface area contributed by atoms with Crippen LogP contribution in [0.4, 0.5) is 11.4 Å². The zero-order valence-electron chi connectivity index (χ0n) is 21.9. The monoisotopic (exact) mass is 545 g/mol. The number of amides is 1. The second-order valence-corrected chi connectivity index (χ2v) is 9.87. The maximum Gasteiger partial charge on any atom is 0.234 e. The SMILES string of the molecule is COc1ccc(OC(C)c2nnc(SCC(=O)Nc3ccc(N4CCOCC4)cc3)n2-c2ccccc2)cc1. The number of thioether (sulfide) groups is 1. The molecule has 202 valence electrons. The van der Waals surface area contributed by atoms with Crippen LogP contribution in [0.3, 0.4) is 0 Å². The second-order valence-electron chi connectivity index (χ2n) is 8.93. The third kappa shape index (κ3) is 6.71. The summed E-state index contributed by atoms with van der Waals surface area (Å²) >= 11 is 1.33. The number of morpholine rings is 1. The molecule has 1 N–H and O–H groups in total. The van der Waals surface area contributed by atoms with Crippen LogP contribution < -0.4 is 19.7 Å². The fourth-order valence-corrected chi connectivity index (χ4v) is 5.03. The molecular formula is C29H31N5O4S. The van der Waals surface area contributed by atoms with E-state index in [0.29, 0.717) is 16.7 Å². The number of para-hydroxylation sites is 1. The van der Waals surface area contributed by atoms with Crippen molar-refractivity contribution in [2.75, 3.05) is 49.4 Å². The van der Waals surface area contributed by atoms with Crippen molar-refractivity contribution in [2.45, 2.75) is 18.2 Å². The Balaban J connectivity index is 1.26. The average Bonchev–Trinajstić information content (AvgIpc) is 3.42. The Morgan fingerprint density at radius 1 is 0.949 bits per heavy atom. The van der Waals surface area contributed by atoms with Gasteiger partial charge in [0.1, 0.15) is 11.5 Å². The summed E-state index contributed by atoms with van der Waals surface area (Å²) < 4.78 is 18.7. The number of aromatic nitrogens is 3. The van der Waals surface area contributed by atoms with Crippen molar-refractivity contribution in [3.8, 4) is 17.2 Å². The molecule has 10 heteroatoms. The van der Waals surface area contributed by atoms with Gasteiger partial charge in [0.25, 0.3) is 0 Å². The Kier molecular flexibility index (Phi) is 8.65. The second kappa shape index (κ2) is 12.7. The van der Waals surface area contributed by atoms with Gasteiger partial charge in [0.15, 0.2) is 17.1 Å². The van der Waals surface area contributed by atoms with Gasteiger partial charge in [-0.15, -0.1) is 10.2 Å². The van der Waals surface area contributed by atoms with Crippen LogP contribution in [0, 0.1) is 0 Å². The number of ether oxygens (including phenoxy) is 3. The lowest BCUT2D eigenvalue weighted by molar-refractivity contribution is -0.113. The molecule has 0 aliphatic carbocycles. The highest BCUT2D eigenvalue weighted by atomic mass is 32.2. The molecule has 1 amide bonds. The topological polar surface area (TPSA) is 90.7 Å². The molecule has 1 saturated heterocycles. The highest BCUT2D eigenvalue weighted by Gasteiger charge is 2.22. The van der Waals surface area contributed by atoms with Crippen molar-refractivity contribution >= 4 is 29.0 Å². The highest BCUT2D eigenvalue weighted by Crippen LogP contribution is 2.29. The van der Waals surface area contributed by atoms with E-state index in [1.165, 1.54) is 11.8 Å². The smallest absolute Gasteiger partial charge is 0.234 e. The predicted molar refractivity (Wildman–Crippen MR) is 152 cm³/mol. The van der Waals surface area contributed by atoms with Gasteiger partial charge < -0.3 is 24.4 Å². The first kappa shape index (κ1) is 26.6. The molecule has 2 heterocycles. The van der Waals surface area contributed by atoms with Gasteiger partial charge in [-0.1, -0.05) is 30.0 Å². The number of nitrogens with zero attached hydrogens (tertiary/aromatic N) is 4. The summed E-state index contributed by atoms with van der Waals surface area (Å²) in [4.78, 5) is 15.1. The number of hydrogen-bond acceptors (Lipinski definition) is 8. The van der Waals surface area contributed by atoms with Crippen LogP contribution in [0.15, 0.2) is 84.0 Å². The minimum absolute atomic E-state index is 0.120. The number of methoxy groups -OCH3 is 1. The van der Waals surface area contributed by atoms with Crippen LogP contribution in [0.25, 0.3) is 5.69 Å². The van der Waals surface area contributed by atoms with Crippen molar-refractivity contribution in [1.82, 2.24) is 14.8 Å². The normalized spacial score (nSPS) is 14.1. The first-order chi connectivity index (χ1) is 19.1. The van der Waals surface area contributed by atoms with E-state index in [0.717, 1.165) is 49.1 Å². The molecule has 1 atom stereocenters. The standard InChI is InChI=1S/C29H31N5O4S/c1-21(38-26-14-12-25(36-2)13-15-26)28-31-32-29(34(28)24-6-4-3-5-7-24)39-20-27(35)30-22-8-10-23(11-9-22)33-16-18-37-19-17-33/h3-15,21H,16-20H2,1-2H3,(H,30,35). The maximum absolute atomic E-state index is 12.8. The number of rotatable bonds is 10. The van der Waals surface area contributed by atoms with Crippen molar-refractivity contribution in [3.63, 3.8) is 0 Å². The summed E-state index contributed by atoms with van der Waals surface area (Å²) in [7, 11) is 1.63. The Morgan fingerprint density at radius 2 is 1.64 bits per heavy atom. The van der Waals surface area contributed by atoms with E-state index in [-0.39, 0.29) is 17.8 Å². The molecule has 1 aromatic heterocycles. The summed E-state index contributed by atoms with van der Waals surface area (Å²) in [5.74, 6) is 2.15. The molecular weight excluding hydrogens is 514 g/mol. The van der Waals surface area contributed by atoms with E-state index >= 15 is 0 Å². The van der Waals surface area contributed by atoms with Crippen LogP contribution in [0.2, 0.25) is 0 Å². The third-order valence-electron chi connectivity index (χ3n) is 6.27. The molecule has 9 nitrogen and oxygen atoms in total. The quantitative estimate of drug-likeness (QED) is 0.279. The zero-order valence-corrected chi connectivity index (χ0v) is 22.8. The van der Waals surface area contributed by atoms with Crippen LogP contribution in [-0.2, 0) is 9.53 Å². The van der Waals surface area contributed by atoms with Gasteiger partial charge in [-0.25, -0.2) is 0 Å². The largest absolute Gasteiger partial charge is 0.497 e. The molecule has 39 heavy (non-hydrogen) atoms. The van der Waals surface area contributed by atoms with Gasteiger partial charge in [0.2, 0.25) is 5.91 Å². The molecule has 4 aromatic rings. The predicted octanol–water partition coefficient (Wildman–Crippen LogP) is 4.98. The molecule has 0 radical (unpaired) electrons. The number of hydrogen-bond donors (Lipinski definition) is 1. The molecule has 1 unspecified atom stereocenters. The van der Waals surface area contributed by atoms with E-state index in [1.807, 2.05) is 90.4 Å². The number of carbonyl (C=O) groups is 1. The fraction of sp³-hybridized carbons (Fsp3) is 0.276. The van der Waals surface area contributed by atoms with Gasteiger partial charge in [-0.05, 0) is 67.6 Å². The number of benzene rings is 3. The van der Waals surface area contributed by atoms with Crippen molar-refractivity contribution in [2.24, 2.45) is 0 Å². The van der Waals surface area contributed by atoms with E-state index in [4.69, 9.17) is 14.2 Å². The molecule has 0 saturated carbocycles. The van der Waals surface area contributed by atoms with Crippen LogP contribution in [0.1, 0.15) is 18.9 Å². The molecule has 0 spiro atoms. The Bertz CT molecular complexity index is 1360. The number of anilines is 2. The van der Waals surface area contributed by atoms with Gasteiger partial charge in [0, 0.05) is 30.2 Å². The van der Waals surface area contributed by atoms with E-state index < -0.39 is 0 Å². The Hall–Kier alpha value is -4.02. The minimum Gasteiger partial charge on any atom is -0.497 e. The molecule has 1 fully saturated rings. The average molecular weight is 546 g/mol. The van der Waals surface area contributed by atoms with Gasteiger partial charge in [0.05, 0.1) is 26.1 Å². The maximum atomic E-state index is 12.8. The van der Waals surface area contributed by atoms with Crippen LogP contribution in [-0.4, -0.2) is 59.8 Å². The molecule has 1 aliphatic heterocycles. The lowest BCUT2D eigenvalue weighted by Gasteiger charge is -2.28. The summed E-state index contributed by atoms with van der Waals surface area (Å²) in [6.07, 6.45) is -0.390. The zero-order chi connectivity index (χ0) is 27.0. The minimum atomic E-state index is -0.390. The van der Waals surface area contributed by atoms with E-state index in [1.54, 1.807) is 7.11 Å². The molecule has 0 bridgehead atoms. The van der Waals surface area contributed by atoms with Crippen molar-refractivity contribution < 1.29 is 19.0 Å². The Labute approximate surface area is 232 Å². The van der Waals surface area contributed by atoms with Gasteiger partial charge in [-0.2, -0.15) is 0 Å². The van der Waals surface area contributed by atoms with Crippen molar-refractivity contribution in [1.29, 1.82) is 0 Å². The highest BCUT2D eigenvalue weighted by molar-refractivity contribution is 7.99. The summed E-state index contributed by atoms with van der Waals surface area (Å²) in [5, 5.41) is 12.4. The molecule has 1 aliphatic rings. The Morgan fingerprint density at radius 3 is 2.33 bits per heavy atom. The summed E-state index contributed by atoms with van der Waals surface area (Å²) in [6.45, 7) is 5.14. The first-order valence-corrected chi connectivity index (χ1v) is 13.8. The van der Waals surface area contributed by atoms with E-state index in [2.05, 4.69) is 20.4 Å². The van der Waals surface area contributed by atoms with E-state index in [9.17, 15) is 4.79 Å². The molecule has 3 aromatic carbocycles. The number of carbonyl (C=O) groups excluding carboxylic acids is 1. The lowest BCUT2D eigenvalue weighted by atomic mass is 10.2. The molecule has 5 rings (SSSR count). The number of nitrogens with one attached hydrogen (secondary N) is 1. The van der Waals surface area contributed by atoms with Gasteiger partial charge >= 0.3 is 0 Å². The summed E-state index contributed by atoms with van der Waals surface area (Å²) in [5.41, 5.74) is 2.77. The van der Waals surface area contributed by atoms with Crippen LogP contribution in [0.5, 0.6) is 11.5 Å². The first-order valence-electron chi connectivity index (χ1n) is 12.8. The fourth-order valence-electron chi connectivity index (χ4n) is 4.27. The van der Waals surface area contributed by atoms with Crippen molar-refractivity contribution in [3.05, 3.63) is 84.7 Å². The third-order valence-corrected chi connectivity index (χ3v) is 7.20. The van der Waals surface area contributed by atoms with Crippen LogP contribution >= 0.6 is 11.8 Å². The van der Waals surface area contributed by atoms with Gasteiger partial charge in [-0.3, -0.25) is 9.36 Å².